The highest BCUT2D eigenvalue weighted by Gasteiger charge is 2.29. The Bertz CT molecular complexity index is 429. The highest BCUT2D eigenvalue weighted by Crippen LogP contribution is 2.23. The molecular weight excluding hydrogens is 248 g/mol. The van der Waals surface area contributed by atoms with Gasteiger partial charge in [-0.2, -0.15) is 5.10 Å². The number of nitrogens with one attached hydrogen (secondary N) is 1. The van der Waals surface area contributed by atoms with Crippen molar-refractivity contribution in [2.75, 3.05) is 19.6 Å². The van der Waals surface area contributed by atoms with Gasteiger partial charge in [-0.15, -0.1) is 0 Å². The molecule has 2 heterocycles. The summed E-state index contributed by atoms with van der Waals surface area (Å²) in [6.45, 7) is 10.5. The molecule has 0 aromatic carbocycles. The summed E-state index contributed by atoms with van der Waals surface area (Å²) in [5, 5.41) is 8.79. The van der Waals surface area contributed by atoms with Crippen LogP contribution in [-0.4, -0.2) is 39.9 Å². The molecule has 1 aromatic heterocycles. The summed E-state index contributed by atoms with van der Waals surface area (Å²) in [7, 11) is 1.97. The van der Waals surface area contributed by atoms with Gasteiger partial charge in [-0.25, -0.2) is 0 Å². The Morgan fingerprint density at radius 3 is 2.78 bits per heavy atom. The lowest BCUT2D eigenvalue weighted by Crippen LogP contribution is -2.58. The van der Waals surface area contributed by atoms with Crippen molar-refractivity contribution in [2.45, 2.75) is 39.3 Å². The van der Waals surface area contributed by atoms with E-state index in [0.29, 0.717) is 0 Å². The first kappa shape index (κ1) is 13.8. The van der Waals surface area contributed by atoms with Gasteiger partial charge in [0.25, 0.3) is 0 Å². The highest BCUT2D eigenvalue weighted by molar-refractivity contribution is 6.31. The quantitative estimate of drug-likeness (QED) is 0.912. The Morgan fingerprint density at radius 1 is 1.50 bits per heavy atom. The van der Waals surface area contributed by atoms with Crippen LogP contribution in [0.5, 0.6) is 0 Å². The smallest absolute Gasteiger partial charge is 0.0860 e. The van der Waals surface area contributed by atoms with E-state index in [4.69, 9.17) is 11.6 Å². The van der Waals surface area contributed by atoms with Gasteiger partial charge in [-0.3, -0.25) is 9.58 Å². The number of piperazine rings is 1. The Morgan fingerprint density at radius 2 is 2.22 bits per heavy atom. The lowest BCUT2D eigenvalue weighted by Gasteiger charge is -2.41. The molecule has 1 fully saturated rings. The van der Waals surface area contributed by atoms with Crippen molar-refractivity contribution in [2.24, 2.45) is 7.05 Å². The average molecular weight is 271 g/mol. The third-order valence-corrected chi connectivity index (χ3v) is 4.46. The van der Waals surface area contributed by atoms with Gasteiger partial charge in [0.05, 0.1) is 16.4 Å². The van der Waals surface area contributed by atoms with Gasteiger partial charge in [0.2, 0.25) is 0 Å². The molecule has 1 N–H and O–H groups in total. The predicted octanol–water partition coefficient (Wildman–Crippen LogP) is 1.96. The van der Waals surface area contributed by atoms with E-state index in [-0.39, 0.29) is 5.54 Å². The normalized spacial score (nSPS) is 25.6. The summed E-state index contributed by atoms with van der Waals surface area (Å²) in [6.07, 6.45) is 1.14. The molecular formula is C13H23ClN4. The molecule has 0 bridgehead atoms. The molecule has 1 atom stereocenters. The molecule has 1 unspecified atom stereocenters. The van der Waals surface area contributed by atoms with Gasteiger partial charge in [-0.05, 0) is 20.3 Å². The van der Waals surface area contributed by atoms with Gasteiger partial charge in [0.15, 0.2) is 0 Å². The molecule has 2 rings (SSSR count). The van der Waals surface area contributed by atoms with Crippen LogP contribution < -0.4 is 5.32 Å². The minimum atomic E-state index is 0.221. The molecule has 18 heavy (non-hydrogen) atoms. The van der Waals surface area contributed by atoms with Gasteiger partial charge in [0, 0.05) is 38.8 Å². The van der Waals surface area contributed by atoms with E-state index in [1.807, 2.05) is 18.7 Å². The zero-order chi connectivity index (χ0) is 13.3. The van der Waals surface area contributed by atoms with Crippen LogP contribution in [0.25, 0.3) is 0 Å². The van der Waals surface area contributed by atoms with E-state index >= 15 is 0 Å². The van der Waals surface area contributed by atoms with Crippen molar-refractivity contribution in [1.29, 1.82) is 0 Å². The van der Waals surface area contributed by atoms with Gasteiger partial charge < -0.3 is 5.32 Å². The summed E-state index contributed by atoms with van der Waals surface area (Å²) in [5.74, 6) is 0. The average Bonchev–Trinajstić information content (AvgIpc) is 2.56. The highest BCUT2D eigenvalue weighted by atomic mass is 35.5. The number of hydrogen-bond donors (Lipinski definition) is 1. The van der Waals surface area contributed by atoms with E-state index in [1.54, 1.807) is 0 Å². The fraction of sp³-hybridized carbons (Fsp3) is 0.769. The summed E-state index contributed by atoms with van der Waals surface area (Å²) in [6, 6.07) is 0. The van der Waals surface area contributed by atoms with Crippen LogP contribution in [0.4, 0.5) is 0 Å². The summed E-state index contributed by atoms with van der Waals surface area (Å²) < 4.78 is 1.91. The molecule has 1 aliphatic heterocycles. The van der Waals surface area contributed by atoms with E-state index in [0.717, 1.165) is 49.0 Å². The largest absolute Gasteiger partial charge is 0.309 e. The first-order chi connectivity index (χ1) is 8.45. The molecule has 1 aliphatic rings. The lowest BCUT2D eigenvalue weighted by molar-refractivity contribution is 0.131. The summed E-state index contributed by atoms with van der Waals surface area (Å²) >= 11 is 6.31. The molecule has 0 amide bonds. The molecule has 5 heteroatoms. The topological polar surface area (TPSA) is 33.1 Å². The first-order valence-corrected chi connectivity index (χ1v) is 6.98. The van der Waals surface area contributed by atoms with Gasteiger partial charge >= 0.3 is 0 Å². The molecule has 0 saturated carbocycles. The Kier molecular flexibility index (Phi) is 3.99. The number of hydrogen-bond acceptors (Lipinski definition) is 3. The van der Waals surface area contributed by atoms with Crippen molar-refractivity contribution in [3.63, 3.8) is 0 Å². The SMILES string of the molecule is CCC1(C)CN(Cc2c(Cl)c(C)nn2C)CCN1. The zero-order valence-electron chi connectivity index (χ0n) is 11.8. The van der Waals surface area contributed by atoms with Crippen molar-refractivity contribution in [1.82, 2.24) is 20.0 Å². The van der Waals surface area contributed by atoms with E-state index in [2.05, 4.69) is 29.2 Å². The van der Waals surface area contributed by atoms with Crippen LogP contribution in [0, 0.1) is 6.92 Å². The summed E-state index contributed by atoms with van der Waals surface area (Å²) in [4.78, 5) is 2.46. The van der Waals surface area contributed by atoms with Crippen molar-refractivity contribution < 1.29 is 0 Å². The first-order valence-electron chi connectivity index (χ1n) is 6.60. The van der Waals surface area contributed by atoms with Crippen molar-refractivity contribution in [3.8, 4) is 0 Å². The second-order valence-electron chi connectivity index (χ2n) is 5.52. The van der Waals surface area contributed by atoms with Crippen LogP contribution in [0.15, 0.2) is 0 Å². The number of halogens is 1. The van der Waals surface area contributed by atoms with E-state index in [1.165, 1.54) is 0 Å². The maximum Gasteiger partial charge on any atom is 0.0860 e. The van der Waals surface area contributed by atoms with E-state index < -0.39 is 0 Å². The number of aryl methyl sites for hydroxylation is 2. The zero-order valence-corrected chi connectivity index (χ0v) is 12.5. The van der Waals surface area contributed by atoms with Gasteiger partial charge in [0.1, 0.15) is 0 Å². The molecule has 4 nitrogen and oxygen atoms in total. The van der Waals surface area contributed by atoms with Crippen molar-refractivity contribution >= 4 is 11.6 Å². The lowest BCUT2D eigenvalue weighted by atomic mass is 9.96. The maximum absolute atomic E-state index is 6.31. The molecule has 0 aliphatic carbocycles. The van der Waals surface area contributed by atoms with Gasteiger partial charge in [-0.1, -0.05) is 18.5 Å². The monoisotopic (exact) mass is 270 g/mol. The van der Waals surface area contributed by atoms with Crippen LogP contribution in [0.1, 0.15) is 31.7 Å². The number of nitrogens with zero attached hydrogens (tertiary/aromatic N) is 3. The molecule has 1 aromatic rings. The minimum Gasteiger partial charge on any atom is -0.309 e. The molecule has 1 saturated heterocycles. The van der Waals surface area contributed by atoms with Crippen LogP contribution in [0.2, 0.25) is 5.02 Å². The second-order valence-corrected chi connectivity index (χ2v) is 5.90. The minimum absolute atomic E-state index is 0.221. The number of aromatic nitrogens is 2. The third kappa shape index (κ3) is 2.71. The Hall–Kier alpha value is -0.580. The fourth-order valence-corrected chi connectivity index (χ4v) is 2.80. The van der Waals surface area contributed by atoms with Crippen molar-refractivity contribution in [3.05, 3.63) is 16.4 Å². The predicted molar refractivity (Wildman–Crippen MR) is 74.9 cm³/mol. The summed E-state index contributed by atoms with van der Waals surface area (Å²) in [5.41, 5.74) is 2.26. The maximum atomic E-state index is 6.31. The Balaban J connectivity index is 2.09. The number of rotatable bonds is 3. The standard InChI is InChI=1S/C13H23ClN4/c1-5-13(3)9-18(7-6-15-13)8-11-12(14)10(2)16-17(11)4/h15H,5-9H2,1-4H3. The second kappa shape index (κ2) is 5.19. The molecule has 0 spiro atoms. The van der Waals surface area contributed by atoms with E-state index in [9.17, 15) is 0 Å². The van der Waals surface area contributed by atoms with Crippen LogP contribution >= 0.6 is 11.6 Å². The van der Waals surface area contributed by atoms with Crippen LogP contribution in [-0.2, 0) is 13.6 Å². The fourth-order valence-electron chi connectivity index (χ4n) is 2.58. The Labute approximate surface area is 114 Å². The third-order valence-electron chi connectivity index (χ3n) is 3.97. The molecule has 0 radical (unpaired) electrons. The van der Waals surface area contributed by atoms with Crippen LogP contribution in [0.3, 0.4) is 0 Å². The molecule has 102 valence electrons.